The van der Waals surface area contributed by atoms with Crippen LogP contribution in [0.4, 0.5) is 10.6 Å². The molecule has 1 unspecified atom stereocenters. The van der Waals surface area contributed by atoms with E-state index in [1.54, 1.807) is 0 Å². The monoisotopic (exact) mass is 549 g/mol. The normalized spacial score (nSPS) is 18.6. The van der Waals surface area contributed by atoms with E-state index in [0.717, 1.165) is 58.6 Å². The fourth-order valence-corrected chi connectivity index (χ4v) is 4.97. The third-order valence-corrected chi connectivity index (χ3v) is 6.88. The number of nitrogens with zero attached hydrogens (tertiary/aromatic N) is 3. The van der Waals surface area contributed by atoms with Crippen molar-refractivity contribution in [2.24, 2.45) is 11.1 Å². The number of hydrogen-bond donors (Lipinski definition) is 2. The summed E-state index contributed by atoms with van der Waals surface area (Å²) in [4.78, 5) is 23.8. The Balaban J connectivity index is 1.68. The van der Waals surface area contributed by atoms with Crippen molar-refractivity contribution in [3.05, 3.63) is 46.7 Å². The largest absolute Gasteiger partial charge is 0.444 e. The number of carbonyl (C=O) groups excluding carboxylic acids is 1. The van der Waals surface area contributed by atoms with Crippen molar-refractivity contribution in [2.45, 2.75) is 82.5 Å². The molecule has 3 N–H and O–H groups in total. The number of pyridine rings is 2. The number of halogens is 1. The molecule has 1 fully saturated rings. The highest BCUT2D eigenvalue weighted by molar-refractivity contribution is 9.10. The lowest BCUT2D eigenvalue weighted by Crippen LogP contribution is -2.45. The van der Waals surface area contributed by atoms with Crippen LogP contribution in [0, 0.1) is 5.92 Å². The van der Waals surface area contributed by atoms with Gasteiger partial charge in [0.25, 0.3) is 0 Å². The minimum Gasteiger partial charge on any atom is -0.444 e. The molecule has 9 heteroatoms. The molecular weight excluding hydrogens is 514 g/mol. The van der Waals surface area contributed by atoms with Crippen molar-refractivity contribution < 1.29 is 9.53 Å². The van der Waals surface area contributed by atoms with E-state index in [1.807, 2.05) is 62.2 Å². The quantitative estimate of drug-likeness (QED) is 0.387. The summed E-state index contributed by atoms with van der Waals surface area (Å²) in [5.41, 5.74) is 0.297. The lowest BCUT2D eigenvalue weighted by Gasteiger charge is -2.33. The average Bonchev–Trinajstić information content (AvgIpc) is 3.07. The first-order valence-corrected chi connectivity index (χ1v) is 13.3. The zero-order valence-corrected chi connectivity index (χ0v) is 23.1. The summed E-state index contributed by atoms with van der Waals surface area (Å²) in [6, 6.07) is 10.0. The first-order valence-electron chi connectivity index (χ1n) is 11.7. The molecule has 0 saturated carbocycles. The van der Waals surface area contributed by atoms with Gasteiger partial charge in [-0.05, 0) is 112 Å². The SMILES string of the molecule is CC(C)(C)OC(=O)N1C[C@@H](CCC(Cc2ccc(Br)cn2)Nc2cccc(SN)n2)CC1(C)C. The maximum absolute atomic E-state index is 12.8. The van der Waals surface area contributed by atoms with Crippen LogP contribution in [0.3, 0.4) is 0 Å². The van der Waals surface area contributed by atoms with E-state index in [2.05, 4.69) is 45.1 Å². The predicted molar refractivity (Wildman–Crippen MR) is 142 cm³/mol. The third-order valence-electron chi connectivity index (χ3n) is 5.94. The van der Waals surface area contributed by atoms with Gasteiger partial charge in [0.2, 0.25) is 0 Å². The topological polar surface area (TPSA) is 93.4 Å². The van der Waals surface area contributed by atoms with Gasteiger partial charge in [-0.3, -0.25) is 10.1 Å². The van der Waals surface area contributed by atoms with Gasteiger partial charge in [-0.15, -0.1) is 0 Å². The third kappa shape index (κ3) is 7.85. The van der Waals surface area contributed by atoms with Crippen molar-refractivity contribution >= 4 is 39.8 Å². The number of likely N-dealkylation sites (tertiary alicyclic amines) is 1. The molecule has 2 aromatic rings. The van der Waals surface area contributed by atoms with E-state index in [1.165, 1.54) is 0 Å². The molecule has 2 atom stereocenters. The molecule has 0 radical (unpaired) electrons. The van der Waals surface area contributed by atoms with E-state index in [9.17, 15) is 4.79 Å². The number of hydrogen-bond acceptors (Lipinski definition) is 7. The summed E-state index contributed by atoms with van der Waals surface area (Å²) >= 11 is 4.60. The van der Waals surface area contributed by atoms with Crippen molar-refractivity contribution in [3.63, 3.8) is 0 Å². The molecule has 0 spiro atoms. The average molecular weight is 551 g/mol. The van der Waals surface area contributed by atoms with Crippen molar-refractivity contribution in [1.82, 2.24) is 14.9 Å². The minimum atomic E-state index is -0.499. The smallest absolute Gasteiger partial charge is 0.410 e. The highest BCUT2D eigenvalue weighted by Crippen LogP contribution is 2.36. The fraction of sp³-hybridized carbons (Fsp3) is 0.560. The van der Waals surface area contributed by atoms with E-state index >= 15 is 0 Å². The summed E-state index contributed by atoms with van der Waals surface area (Å²) in [6.07, 6.45) is 5.25. The van der Waals surface area contributed by atoms with Gasteiger partial charge in [0.15, 0.2) is 0 Å². The zero-order valence-electron chi connectivity index (χ0n) is 20.7. The number of anilines is 1. The van der Waals surface area contributed by atoms with Crippen LogP contribution in [0.25, 0.3) is 0 Å². The Kier molecular flexibility index (Phi) is 8.87. The molecule has 1 amide bonds. The lowest BCUT2D eigenvalue weighted by atomic mass is 9.91. The summed E-state index contributed by atoms with van der Waals surface area (Å²) in [5.74, 6) is 1.21. The number of nitrogens with two attached hydrogens (primary N) is 1. The van der Waals surface area contributed by atoms with E-state index in [-0.39, 0.29) is 17.7 Å². The van der Waals surface area contributed by atoms with Crippen LogP contribution in [-0.4, -0.2) is 44.7 Å². The zero-order chi connectivity index (χ0) is 24.9. The number of nitrogens with one attached hydrogen (secondary N) is 1. The Morgan fingerprint density at radius 1 is 1.35 bits per heavy atom. The number of ether oxygens (including phenoxy) is 1. The van der Waals surface area contributed by atoms with Crippen molar-refractivity contribution in [1.29, 1.82) is 0 Å². The Hall–Kier alpha value is -1.84. The van der Waals surface area contributed by atoms with Crippen LogP contribution in [-0.2, 0) is 11.2 Å². The van der Waals surface area contributed by atoms with Gasteiger partial charge in [0.05, 0.1) is 0 Å². The van der Waals surface area contributed by atoms with Gasteiger partial charge in [0.1, 0.15) is 16.4 Å². The molecule has 186 valence electrons. The molecule has 0 aromatic carbocycles. The van der Waals surface area contributed by atoms with Crippen LogP contribution < -0.4 is 10.5 Å². The molecule has 0 aliphatic carbocycles. The van der Waals surface area contributed by atoms with Gasteiger partial charge in [-0.1, -0.05) is 6.07 Å². The molecule has 2 aromatic heterocycles. The van der Waals surface area contributed by atoms with E-state index < -0.39 is 5.60 Å². The first-order chi connectivity index (χ1) is 15.9. The molecule has 0 bridgehead atoms. The Morgan fingerprint density at radius 3 is 2.76 bits per heavy atom. The second-order valence-electron chi connectivity index (χ2n) is 10.5. The van der Waals surface area contributed by atoms with Crippen LogP contribution in [0.5, 0.6) is 0 Å². The highest BCUT2D eigenvalue weighted by atomic mass is 79.9. The molecule has 7 nitrogen and oxygen atoms in total. The van der Waals surface area contributed by atoms with Crippen molar-refractivity contribution in [3.8, 4) is 0 Å². The maximum Gasteiger partial charge on any atom is 0.410 e. The predicted octanol–water partition coefficient (Wildman–Crippen LogP) is 6.04. The molecule has 3 rings (SSSR count). The summed E-state index contributed by atoms with van der Waals surface area (Å²) < 4.78 is 6.63. The molecule has 3 heterocycles. The summed E-state index contributed by atoms with van der Waals surface area (Å²) in [5, 5.41) is 10.1. The summed E-state index contributed by atoms with van der Waals surface area (Å²) in [7, 11) is 0. The molecule has 1 aliphatic heterocycles. The summed E-state index contributed by atoms with van der Waals surface area (Å²) in [6.45, 7) is 10.7. The van der Waals surface area contributed by atoms with Crippen molar-refractivity contribution in [2.75, 3.05) is 11.9 Å². The first kappa shape index (κ1) is 26.8. The van der Waals surface area contributed by atoms with Gasteiger partial charge in [-0.25, -0.2) is 9.78 Å². The fourth-order valence-electron chi connectivity index (χ4n) is 4.43. The molecular formula is C25H36BrN5O2S. The standard InChI is InChI=1S/C25H36BrN5O2S/c1-24(2,3)33-23(32)31-16-17(14-25(31,4)5)9-11-20(13-19-12-10-18(26)15-28-19)29-21-7-6-8-22(30-21)34-27/h6-8,10,12,15,17,20H,9,11,13-14,16,27H2,1-5H3,(H,29,30)/t17-,20?/m0/s1. The number of rotatable bonds is 8. The van der Waals surface area contributed by atoms with Gasteiger partial charge in [0, 0.05) is 40.9 Å². The number of amides is 1. The van der Waals surface area contributed by atoms with E-state index in [4.69, 9.17) is 9.88 Å². The van der Waals surface area contributed by atoms with Gasteiger partial charge in [-0.2, -0.15) is 0 Å². The molecule has 1 aliphatic rings. The Labute approximate surface area is 215 Å². The van der Waals surface area contributed by atoms with Crippen LogP contribution in [0.15, 0.2) is 46.0 Å². The van der Waals surface area contributed by atoms with Gasteiger partial charge < -0.3 is 15.0 Å². The number of aromatic nitrogens is 2. The Morgan fingerprint density at radius 2 is 2.12 bits per heavy atom. The molecule has 34 heavy (non-hydrogen) atoms. The van der Waals surface area contributed by atoms with Crippen LogP contribution >= 0.6 is 27.9 Å². The lowest BCUT2D eigenvalue weighted by molar-refractivity contribution is 0.0131. The molecule has 1 saturated heterocycles. The minimum absolute atomic E-state index is 0.151. The Bertz CT molecular complexity index is 965. The maximum atomic E-state index is 12.8. The van der Waals surface area contributed by atoms with Gasteiger partial charge >= 0.3 is 6.09 Å². The highest BCUT2D eigenvalue weighted by Gasteiger charge is 2.42. The van der Waals surface area contributed by atoms with E-state index in [0.29, 0.717) is 12.5 Å². The van der Waals surface area contributed by atoms with Crippen LogP contribution in [0.1, 0.15) is 59.6 Å². The number of carbonyl (C=O) groups is 1. The second kappa shape index (κ2) is 11.3. The second-order valence-corrected chi connectivity index (χ2v) is 12.1. The van der Waals surface area contributed by atoms with Crippen LogP contribution in [0.2, 0.25) is 0 Å².